The lowest BCUT2D eigenvalue weighted by Gasteiger charge is -2.30. The third-order valence-electron chi connectivity index (χ3n) is 3.39. The molecule has 0 bridgehead atoms. The Labute approximate surface area is 86.0 Å². The van der Waals surface area contributed by atoms with Crippen LogP contribution in [0, 0.1) is 5.92 Å². The molecule has 1 saturated heterocycles. The van der Waals surface area contributed by atoms with Gasteiger partial charge in [-0.25, -0.2) is 0 Å². The smallest absolute Gasteiger partial charge is 0.225 e. The number of hydrogen-bond acceptors (Lipinski definition) is 1. The number of nitrogens with zero attached hydrogens (tertiary/aromatic N) is 1. The third-order valence-corrected chi connectivity index (χ3v) is 3.39. The van der Waals surface area contributed by atoms with Gasteiger partial charge in [0.15, 0.2) is 0 Å². The van der Waals surface area contributed by atoms with E-state index in [9.17, 15) is 4.79 Å². The number of carbonyl (C=O) groups excluding carboxylic acids is 1. The number of rotatable bonds is 1. The number of amides is 1. The van der Waals surface area contributed by atoms with E-state index in [0.717, 1.165) is 38.8 Å². The maximum absolute atomic E-state index is 12.0. The molecule has 0 spiro atoms. The molecule has 1 heterocycles. The van der Waals surface area contributed by atoms with Gasteiger partial charge < -0.3 is 4.90 Å². The summed E-state index contributed by atoms with van der Waals surface area (Å²) in [5, 5.41) is 0. The van der Waals surface area contributed by atoms with Crippen LogP contribution in [0.3, 0.4) is 0 Å². The van der Waals surface area contributed by atoms with Crippen LogP contribution >= 0.6 is 0 Å². The molecule has 78 valence electrons. The molecule has 1 aliphatic heterocycles. The highest BCUT2D eigenvalue weighted by Crippen LogP contribution is 2.28. The highest BCUT2D eigenvalue weighted by Gasteiger charge is 2.28. The van der Waals surface area contributed by atoms with E-state index in [0.29, 0.717) is 11.8 Å². The highest BCUT2D eigenvalue weighted by atomic mass is 16.2. The molecule has 2 rings (SSSR count). The molecule has 0 aromatic rings. The van der Waals surface area contributed by atoms with E-state index in [1.807, 2.05) is 4.90 Å². The molecule has 0 N–H and O–H groups in total. The summed E-state index contributed by atoms with van der Waals surface area (Å²) in [6, 6.07) is 0. The second-order valence-corrected chi connectivity index (χ2v) is 4.59. The molecule has 0 radical (unpaired) electrons. The Morgan fingerprint density at radius 1 is 1.29 bits per heavy atom. The Kier molecular flexibility index (Phi) is 2.90. The van der Waals surface area contributed by atoms with Crippen LogP contribution in [0.4, 0.5) is 0 Å². The maximum Gasteiger partial charge on any atom is 0.225 e. The molecule has 2 fully saturated rings. The lowest BCUT2D eigenvalue weighted by molar-refractivity contribution is -0.135. The summed E-state index contributed by atoms with van der Waals surface area (Å²) in [5.74, 6) is 0.726. The van der Waals surface area contributed by atoms with Gasteiger partial charge in [0.1, 0.15) is 0 Å². The van der Waals surface area contributed by atoms with E-state index in [1.54, 1.807) is 0 Å². The van der Waals surface area contributed by atoms with Crippen LogP contribution in [0.15, 0.2) is 12.2 Å². The first-order valence-electron chi connectivity index (χ1n) is 5.73. The topological polar surface area (TPSA) is 20.3 Å². The predicted molar refractivity (Wildman–Crippen MR) is 56.9 cm³/mol. The lowest BCUT2D eigenvalue weighted by Crippen LogP contribution is -2.39. The van der Waals surface area contributed by atoms with Gasteiger partial charge in [-0.05, 0) is 25.7 Å². The summed E-state index contributed by atoms with van der Waals surface area (Å²) in [5.41, 5.74) is 1.22. The van der Waals surface area contributed by atoms with Crippen LogP contribution in [-0.2, 0) is 4.79 Å². The monoisotopic (exact) mass is 193 g/mol. The van der Waals surface area contributed by atoms with Crippen molar-refractivity contribution in [3.05, 3.63) is 12.2 Å². The van der Waals surface area contributed by atoms with E-state index in [1.165, 1.54) is 18.4 Å². The summed E-state index contributed by atoms with van der Waals surface area (Å²) in [7, 11) is 0. The Balaban J connectivity index is 1.92. The van der Waals surface area contributed by atoms with E-state index < -0.39 is 0 Å². The van der Waals surface area contributed by atoms with Crippen molar-refractivity contribution in [2.24, 2.45) is 5.92 Å². The number of likely N-dealkylation sites (tertiary alicyclic amines) is 1. The van der Waals surface area contributed by atoms with E-state index in [4.69, 9.17) is 0 Å². The molecule has 1 amide bonds. The second-order valence-electron chi connectivity index (χ2n) is 4.59. The van der Waals surface area contributed by atoms with Crippen LogP contribution in [0.5, 0.6) is 0 Å². The molecule has 0 atom stereocenters. The van der Waals surface area contributed by atoms with Gasteiger partial charge in [-0.15, -0.1) is 0 Å². The first-order valence-corrected chi connectivity index (χ1v) is 5.73. The van der Waals surface area contributed by atoms with Gasteiger partial charge in [-0.3, -0.25) is 4.79 Å². The zero-order chi connectivity index (χ0) is 9.97. The summed E-state index contributed by atoms with van der Waals surface area (Å²) in [6.07, 6.45) is 6.92. The average Bonchev–Trinajstić information content (AvgIpc) is 2.69. The zero-order valence-electron chi connectivity index (χ0n) is 8.80. The summed E-state index contributed by atoms with van der Waals surface area (Å²) in [4.78, 5) is 14.0. The highest BCUT2D eigenvalue weighted by molar-refractivity contribution is 5.79. The molecule has 1 saturated carbocycles. The Morgan fingerprint density at radius 3 is 2.64 bits per heavy atom. The minimum absolute atomic E-state index is 0.334. The van der Waals surface area contributed by atoms with Gasteiger partial charge in [0.05, 0.1) is 0 Å². The minimum Gasteiger partial charge on any atom is -0.338 e. The fourth-order valence-corrected chi connectivity index (χ4v) is 2.57. The van der Waals surface area contributed by atoms with Gasteiger partial charge in [-0.2, -0.15) is 0 Å². The lowest BCUT2D eigenvalue weighted by atomic mass is 10.0. The Bertz CT molecular complexity index is 241. The SMILES string of the molecule is C=C1CCCN(C(=O)C2CCCC2)C1. The largest absolute Gasteiger partial charge is 0.338 e. The first kappa shape index (κ1) is 9.75. The summed E-state index contributed by atoms with van der Waals surface area (Å²) >= 11 is 0. The molecule has 2 heteroatoms. The van der Waals surface area contributed by atoms with Crippen molar-refractivity contribution >= 4 is 5.91 Å². The van der Waals surface area contributed by atoms with Crippen LogP contribution in [0.2, 0.25) is 0 Å². The molecular weight excluding hydrogens is 174 g/mol. The van der Waals surface area contributed by atoms with Crippen molar-refractivity contribution in [1.82, 2.24) is 4.90 Å². The molecular formula is C12H19NO. The van der Waals surface area contributed by atoms with Gasteiger partial charge in [-0.1, -0.05) is 25.0 Å². The van der Waals surface area contributed by atoms with Gasteiger partial charge in [0.2, 0.25) is 5.91 Å². The number of carbonyl (C=O) groups is 1. The Hall–Kier alpha value is -0.790. The summed E-state index contributed by atoms with van der Waals surface area (Å²) in [6.45, 7) is 5.75. The van der Waals surface area contributed by atoms with Crippen molar-refractivity contribution in [2.45, 2.75) is 38.5 Å². The van der Waals surface area contributed by atoms with Gasteiger partial charge in [0, 0.05) is 19.0 Å². The van der Waals surface area contributed by atoms with Gasteiger partial charge in [0.25, 0.3) is 0 Å². The van der Waals surface area contributed by atoms with Crippen LogP contribution in [0.25, 0.3) is 0 Å². The van der Waals surface area contributed by atoms with E-state index in [2.05, 4.69) is 6.58 Å². The normalized spacial score (nSPS) is 24.3. The quantitative estimate of drug-likeness (QED) is 0.585. The molecule has 0 unspecified atom stereocenters. The average molecular weight is 193 g/mol. The molecule has 2 nitrogen and oxygen atoms in total. The molecule has 14 heavy (non-hydrogen) atoms. The van der Waals surface area contributed by atoms with Crippen molar-refractivity contribution in [1.29, 1.82) is 0 Å². The molecule has 0 aromatic heterocycles. The standard InChI is InChI=1S/C12H19NO/c1-10-5-4-8-13(9-10)12(14)11-6-2-3-7-11/h11H,1-9H2. The van der Waals surface area contributed by atoms with Crippen molar-refractivity contribution in [3.8, 4) is 0 Å². The van der Waals surface area contributed by atoms with Gasteiger partial charge >= 0.3 is 0 Å². The third kappa shape index (κ3) is 1.99. The van der Waals surface area contributed by atoms with Crippen LogP contribution in [-0.4, -0.2) is 23.9 Å². The van der Waals surface area contributed by atoms with Crippen LogP contribution < -0.4 is 0 Å². The first-order chi connectivity index (χ1) is 6.77. The number of hydrogen-bond donors (Lipinski definition) is 0. The fraction of sp³-hybridized carbons (Fsp3) is 0.750. The van der Waals surface area contributed by atoms with E-state index in [-0.39, 0.29) is 0 Å². The minimum atomic E-state index is 0.334. The van der Waals surface area contributed by atoms with E-state index >= 15 is 0 Å². The zero-order valence-corrected chi connectivity index (χ0v) is 8.80. The second kappa shape index (κ2) is 4.16. The number of piperidine rings is 1. The van der Waals surface area contributed by atoms with Crippen molar-refractivity contribution in [3.63, 3.8) is 0 Å². The van der Waals surface area contributed by atoms with Crippen molar-refractivity contribution in [2.75, 3.05) is 13.1 Å². The molecule has 1 aliphatic carbocycles. The fourth-order valence-electron chi connectivity index (χ4n) is 2.57. The predicted octanol–water partition coefficient (Wildman–Crippen LogP) is 2.36. The maximum atomic E-state index is 12.0. The summed E-state index contributed by atoms with van der Waals surface area (Å²) < 4.78 is 0. The van der Waals surface area contributed by atoms with Crippen LogP contribution in [0.1, 0.15) is 38.5 Å². The van der Waals surface area contributed by atoms with Crippen molar-refractivity contribution < 1.29 is 4.79 Å². The molecule has 2 aliphatic rings. The molecule has 0 aromatic carbocycles. The Morgan fingerprint density at radius 2 is 2.00 bits per heavy atom.